The van der Waals surface area contributed by atoms with Gasteiger partial charge in [0.1, 0.15) is 17.7 Å². The molecule has 3 fully saturated rings. The zero-order valence-corrected chi connectivity index (χ0v) is 22.5. The lowest BCUT2D eigenvalue weighted by Crippen LogP contribution is -2.63. The van der Waals surface area contributed by atoms with Crippen molar-refractivity contribution in [1.29, 1.82) is 0 Å². The number of fused-ring (bicyclic) bond motifs is 3. The molecule has 8 heteroatoms. The molecular weight excluding hydrogens is 500 g/mol. The van der Waals surface area contributed by atoms with E-state index in [9.17, 15) is 24.0 Å². The van der Waals surface area contributed by atoms with Crippen LogP contribution in [0.5, 0.6) is 0 Å². The highest BCUT2D eigenvalue weighted by Crippen LogP contribution is 2.65. The highest BCUT2D eigenvalue weighted by Gasteiger charge is 2.67. The molecule has 8 nitrogen and oxygen atoms in total. The number of cyclic esters (lactones) is 1. The van der Waals surface area contributed by atoms with Crippen LogP contribution in [-0.2, 0) is 28.7 Å². The van der Waals surface area contributed by atoms with E-state index < -0.39 is 46.6 Å². The van der Waals surface area contributed by atoms with Crippen molar-refractivity contribution in [2.75, 3.05) is 7.11 Å². The summed E-state index contributed by atoms with van der Waals surface area (Å²) in [5.74, 6) is -4.06. The molecule has 1 aromatic carbocycles. The van der Waals surface area contributed by atoms with Crippen LogP contribution in [0, 0.1) is 34.5 Å². The number of rotatable bonds is 7. The lowest BCUT2D eigenvalue weighted by molar-refractivity contribution is -0.205. The molecular formula is C31H34O8. The van der Waals surface area contributed by atoms with Gasteiger partial charge in [0.2, 0.25) is 0 Å². The first-order valence-corrected chi connectivity index (χ1v) is 13.5. The van der Waals surface area contributed by atoms with E-state index in [1.165, 1.54) is 19.6 Å². The molecule has 2 saturated carbocycles. The first-order chi connectivity index (χ1) is 18.6. The minimum absolute atomic E-state index is 0.119. The molecule has 0 N–H and O–H groups in total. The molecule has 0 amide bonds. The summed E-state index contributed by atoms with van der Waals surface area (Å²) < 4.78 is 16.2. The molecule has 0 radical (unpaired) electrons. The molecule has 0 spiro atoms. The van der Waals surface area contributed by atoms with E-state index in [1.54, 1.807) is 36.4 Å². The third-order valence-corrected chi connectivity index (χ3v) is 9.59. The Morgan fingerprint density at radius 1 is 1.05 bits per heavy atom. The maximum atomic E-state index is 14.3. The number of carbonyl (C=O) groups is 5. The van der Waals surface area contributed by atoms with Crippen LogP contribution >= 0.6 is 0 Å². The van der Waals surface area contributed by atoms with Crippen molar-refractivity contribution < 1.29 is 37.9 Å². The summed E-state index contributed by atoms with van der Waals surface area (Å²) >= 11 is 0. The lowest BCUT2D eigenvalue weighted by atomic mass is 9.42. The number of Topliss-reactive ketones (excluding diaryl/α,β-unsaturated/α-hetero) is 3. The SMILES string of the molecule is COC(=O)[C@@H]1C[C@H](CC(=O)CC(=O)c2ccccc2)C(=O)[C@H]2[C@@]1(C)CC[C@H]1C(=O)O[C@H](c3ccoc3)C[C@]21C. The molecule has 2 aromatic rings. The summed E-state index contributed by atoms with van der Waals surface area (Å²) in [5, 5.41) is 0. The maximum Gasteiger partial charge on any atom is 0.310 e. The van der Waals surface area contributed by atoms with Crippen molar-refractivity contribution in [2.24, 2.45) is 34.5 Å². The number of carbonyl (C=O) groups excluding carboxylic acids is 5. The van der Waals surface area contributed by atoms with E-state index in [0.717, 1.165) is 0 Å². The standard InChI is InChI=1S/C31H34O8/c1-30-11-9-22-29(36)39-25(19-10-12-38-17-19)16-31(22,2)27(30)26(34)20(14-23(30)28(35)37-3)13-21(32)15-24(33)18-7-5-4-6-8-18/h4-8,10,12,17,20,22-23,25,27H,9,11,13-16H2,1-3H3/t20-,22-,23-,25-,27-,30-,31-/m0/s1. The second-order valence-corrected chi connectivity index (χ2v) is 11.8. The molecule has 2 aliphatic carbocycles. The fourth-order valence-electron chi connectivity index (χ4n) is 7.71. The molecule has 7 atom stereocenters. The fraction of sp³-hybridized carbons (Fsp3) is 0.516. The van der Waals surface area contributed by atoms with Crippen LogP contribution < -0.4 is 0 Å². The number of ketones is 3. The highest BCUT2D eigenvalue weighted by molar-refractivity contribution is 6.08. The average molecular weight is 535 g/mol. The maximum absolute atomic E-state index is 14.3. The zero-order chi connectivity index (χ0) is 27.9. The summed E-state index contributed by atoms with van der Waals surface area (Å²) in [7, 11) is 1.33. The van der Waals surface area contributed by atoms with Crippen molar-refractivity contribution in [2.45, 2.75) is 58.5 Å². The smallest absolute Gasteiger partial charge is 0.310 e. The Morgan fingerprint density at radius 3 is 2.46 bits per heavy atom. The minimum Gasteiger partial charge on any atom is -0.472 e. The van der Waals surface area contributed by atoms with Crippen LogP contribution in [-0.4, -0.2) is 36.4 Å². The van der Waals surface area contributed by atoms with Gasteiger partial charge in [-0.15, -0.1) is 0 Å². The molecule has 5 rings (SSSR count). The van der Waals surface area contributed by atoms with Gasteiger partial charge in [-0.25, -0.2) is 0 Å². The fourth-order valence-corrected chi connectivity index (χ4v) is 7.71. The van der Waals surface area contributed by atoms with Crippen molar-refractivity contribution in [3.8, 4) is 0 Å². The average Bonchev–Trinajstić information content (AvgIpc) is 3.45. The Bertz CT molecular complexity index is 1280. The third kappa shape index (κ3) is 4.64. The molecule has 206 valence electrons. The van der Waals surface area contributed by atoms with E-state index in [1.807, 2.05) is 13.8 Å². The molecule has 3 aliphatic rings. The Morgan fingerprint density at radius 2 is 1.79 bits per heavy atom. The predicted octanol–water partition coefficient (Wildman–Crippen LogP) is 4.92. The topological polar surface area (TPSA) is 117 Å². The molecule has 0 bridgehead atoms. The van der Waals surface area contributed by atoms with Gasteiger partial charge in [-0.05, 0) is 42.6 Å². The highest BCUT2D eigenvalue weighted by atomic mass is 16.5. The van der Waals surface area contributed by atoms with E-state index in [0.29, 0.717) is 30.4 Å². The molecule has 2 heterocycles. The lowest BCUT2D eigenvalue weighted by Gasteiger charge is -2.61. The molecule has 1 aromatic heterocycles. The number of esters is 2. The van der Waals surface area contributed by atoms with Gasteiger partial charge < -0.3 is 13.9 Å². The summed E-state index contributed by atoms with van der Waals surface area (Å²) in [6.07, 6.45) is 3.60. The monoisotopic (exact) mass is 534 g/mol. The van der Waals surface area contributed by atoms with Crippen LogP contribution in [0.1, 0.15) is 74.4 Å². The second kappa shape index (κ2) is 10.2. The Kier molecular flexibility index (Phi) is 7.08. The number of hydrogen-bond acceptors (Lipinski definition) is 8. The summed E-state index contributed by atoms with van der Waals surface area (Å²) in [6.45, 7) is 3.89. The van der Waals surface area contributed by atoms with Crippen molar-refractivity contribution in [3.05, 3.63) is 60.1 Å². The molecule has 1 aliphatic heterocycles. The van der Waals surface area contributed by atoms with Gasteiger partial charge >= 0.3 is 11.9 Å². The summed E-state index contributed by atoms with van der Waals surface area (Å²) in [6, 6.07) is 10.3. The number of furan rings is 1. The van der Waals surface area contributed by atoms with Gasteiger partial charge in [0.05, 0.1) is 37.9 Å². The van der Waals surface area contributed by atoms with Gasteiger partial charge in [0.15, 0.2) is 5.78 Å². The number of methoxy groups -OCH3 is 1. The first kappa shape index (κ1) is 27.0. The largest absolute Gasteiger partial charge is 0.472 e. The van der Waals surface area contributed by atoms with Crippen LogP contribution in [0.4, 0.5) is 0 Å². The molecule has 39 heavy (non-hydrogen) atoms. The number of benzene rings is 1. The number of ether oxygens (including phenoxy) is 2. The Labute approximate surface area is 227 Å². The zero-order valence-electron chi connectivity index (χ0n) is 22.5. The van der Waals surface area contributed by atoms with Crippen LogP contribution in [0.2, 0.25) is 0 Å². The third-order valence-electron chi connectivity index (χ3n) is 9.59. The normalized spacial score (nSPS) is 33.9. The molecule has 1 saturated heterocycles. The minimum atomic E-state index is -0.796. The van der Waals surface area contributed by atoms with E-state index in [-0.39, 0.29) is 42.6 Å². The van der Waals surface area contributed by atoms with E-state index >= 15 is 0 Å². The van der Waals surface area contributed by atoms with Gasteiger partial charge in [-0.2, -0.15) is 0 Å². The van der Waals surface area contributed by atoms with Crippen LogP contribution in [0.15, 0.2) is 53.3 Å². The van der Waals surface area contributed by atoms with Gasteiger partial charge in [0.25, 0.3) is 0 Å². The second-order valence-electron chi connectivity index (χ2n) is 11.8. The molecule has 0 unspecified atom stereocenters. The van der Waals surface area contributed by atoms with Gasteiger partial charge in [-0.1, -0.05) is 44.2 Å². The Hall–Kier alpha value is -3.55. The van der Waals surface area contributed by atoms with Gasteiger partial charge in [0, 0.05) is 29.4 Å². The predicted molar refractivity (Wildman–Crippen MR) is 138 cm³/mol. The van der Waals surface area contributed by atoms with Crippen molar-refractivity contribution in [1.82, 2.24) is 0 Å². The van der Waals surface area contributed by atoms with Crippen LogP contribution in [0.25, 0.3) is 0 Å². The van der Waals surface area contributed by atoms with Crippen molar-refractivity contribution >= 4 is 29.3 Å². The van der Waals surface area contributed by atoms with E-state index in [2.05, 4.69) is 0 Å². The van der Waals surface area contributed by atoms with Crippen molar-refractivity contribution in [3.63, 3.8) is 0 Å². The quantitative estimate of drug-likeness (QED) is 0.279. The Balaban J connectivity index is 1.46. The van der Waals surface area contributed by atoms with Gasteiger partial charge in [-0.3, -0.25) is 24.0 Å². The van der Waals surface area contributed by atoms with Crippen LogP contribution in [0.3, 0.4) is 0 Å². The first-order valence-electron chi connectivity index (χ1n) is 13.5. The summed E-state index contributed by atoms with van der Waals surface area (Å²) in [4.78, 5) is 66.4. The summed E-state index contributed by atoms with van der Waals surface area (Å²) in [5.41, 5.74) is -0.383. The number of hydrogen-bond donors (Lipinski definition) is 0. The van der Waals surface area contributed by atoms with E-state index in [4.69, 9.17) is 13.9 Å².